The minimum Gasteiger partial charge on any atom is -0.493 e. The molecule has 0 unspecified atom stereocenters. The van der Waals surface area contributed by atoms with E-state index in [1.807, 2.05) is 0 Å². The van der Waals surface area contributed by atoms with Gasteiger partial charge in [0.2, 0.25) is 0 Å². The van der Waals surface area contributed by atoms with E-state index in [4.69, 9.17) is 10.5 Å². The Hall–Kier alpha value is -1.14. The van der Waals surface area contributed by atoms with Gasteiger partial charge in [-0.05, 0) is 41.0 Å². The zero-order valence-electron chi connectivity index (χ0n) is 7.98. The van der Waals surface area contributed by atoms with Crippen LogP contribution in [0.3, 0.4) is 0 Å². The fourth-order valence-corrected chi connectivity index (χ4v) is 1.39. The average molecular weight is 275 g/mol. The van der Waals surface area contributed by atoms with Crippen molar-refractivity contribution < 1.29 is 9.66 Å². The van der Waals surface area contributed by atoms with Crippen LogP contribution >= 0.6 is 15.9 Å². The van der Waals surface area contributed by atoms with Gasteiger partial charge in [-0.2, -0.15) is 0 Å². The first-order valence-electron chi connectivity index (χ1n) is 4.42. The Bertz CT molecular complexity index is 357. The molecule has 82 valence electrons. The summed E-state index contributed by atoms with van der Waals surface area (Å²) in [6.45, 7) is 1.01. The van der Waals surface area contributed by atoms with Crippen molar-refractivity contribution in [2.24, 2.45) is 5.73 Å². The van der Waals surface area contributed by atoms with Crippen molar-refractivity contribution in [1.29, 1.82) is 0 Å². The number of hydrogen-bond donors (Lipinski definition) is 1. The fraction of sp³-hybridized carbons (Fsp3) is 0.333. The molecule has 1 aromatic rings. The van der Waals surface area contributed by atoms with E-state index in [0.29, 0.717) is 23.4 Å². The number of halogens is 1. The van der Waals surface area contributed by atoms with E-state index in [0.717, 1.165) is 6.42 Å². The molecule has 15 heavy (non-hydrogen) atoms. The minimum atomic E-state index is -0.458. The molecule has 0 heterocycles. The number of nitro benzene ring substituents is 1. The highest BCUT2D eigenvalue weighted by molar-refractivity contribution is 9.10. The van der Waals surface area contributed by atoms with Crippen LogP contribution in [0.25, 0.3) is 0 Å². The van der Waals surface area contributed by atoms with Crippen LogP contribution < -0.4 is 10.5 Å². The van der Waals surface area contributed by atoms with Gasteiger partial charge < -0.3 is 10.5 Å². The van der Waals surface area contributed by atoms with E-state index in [1.54, 1.807) is 12.1 Å². The molecule has 0 amide bonds. The Balaban J connectivity index is 2.74. The number of nitrogens with two attached hydrogens (primary N) is 1. The van der Waals surface area contributed by atoms with Crippen molar-refractivity contribution in [3.8, 4) is 5.75 Å². The Kier molecular flexibility index (Phi) is 4.51. The molecule has 5 nitrogen and oxygen atoms in total. The van der Waals surface area contributed by atoms with Gasteiger partial charge in [0.25, 0.3) is 5.69 Å². The van der Waals surface area contributed by atoms with E-state index in [2.05, 4.69) is 15.9 Å². The summed E-state index contributed by atoms with van der Waals surface area (Å²) >= 11 is 3.10. The zero-order chi connectivity index (χ0) is 11.3. The van der Waals surface area contributed by atoms with Crippen LogP contribution in [0.5, 0.6) is 5.75 Å². The average Bonchev–Trinajstić information content (AvgIpc) is 2.20. The second kappa shape index (κ2) is 5.67. The SMILES string of the molecule is NCCCOc1ccc(Br)c([N+](=O)[O-])c1. The third-order valence-electron chi connectivity index (χ3n) is 1.73. The number of rotatable bonds is 5. The van der Waals surface area contributed by atoms with Crippen LogP contribution in [-0.4, -0.2) is 18.1 Å². The molecule has 0 spiro atoms. The first-order valence-corrected chi connectivity index (χ1v) is 5.21. The molecule has 0 aliphatic carbocycles. The number of benzene rings is 1. The molecular weight excluding hydrogens is 264 g/mol. The number of hydrogen-bond acceptors (Lipinski definition) is 4. The third-order valence-corrected chi connectivity index (χ3v) is 2.40. The highest BCUT2D eigenvalue weighted by Crippen LogP contribution is 2.28. The lowest BCUT2D eigenvalue weighted by molar-refractivity contribution is -0.385. The van der Waals surface area contributed by atoms with Crippen LogP contribution in [-0.2, 0) is 0 Å². The first kappa shape index (κ1) is 11.9. The molecule has 0 bridgehead atoms. The molecule has 0 atom stereocenters. The Morgan fingerprint density at radius 1 is 1.53 bits per heavy atom. The minimum absolute atomic E-state index is 0.000230. The number of ether oxygens (including phenoxy) is 1. The molecule has 0 radical (unpaired) electrons. The van der Waals surface area contributed by atoms with Gasteiger partial charge in [-0.25, -0.2) is 0 Å². The molecule has 0 saturated heterocycles. The predicted octanol–water partition coefficient (Wildman–Crippen LogP) is 2.08. The fourth-order valence-electron chi connectivity index (χ4n) is 0.996. The molecule has 1 aromatic carbocycles. The second-order valence-electron chi connectivity index (χ2n) is 2.86. The van der Waals surface area contributed by atoms with Crippen LogP contribution in [0.2, 0.25) is 0 Å². The normalized spacial score (nSPS) is 10.0. The summed E-state index contributed by atoms with van der Waals surface area (Å²) in [5.41, 5.74) is 5.30. The quantitative estimate of drug-likeness (QED) is 0.507. The summed E-state index contributed by atoms with van der Waals surface area (Å²) in [6, 6.07) is 4.66. The number of nitro groups is 1. The van der Waals surface area contributed by atoms with Gasteiger partial charge in [0, 0.05) is 0 Å². The lowest BCUT2D eigenvalue weighted by atomic mass is 10.3. The molecule has 0 saturated carbocycles. The molecule has 6 heteroatoms. The summed E-state index contributed by atoms with van der Waals surface area (Å²) in [5, 5.41) is 10.6. The maximum absolute atomic E-state index is 10.6. The lowest BCUT2D eigenvalue weighted by Gasteiger charge is -2.05. The van der Waals surface area contributed by atoms with Crippen molar-refractivity contribution in [3.63, 3.8) is 0 Å². The van der Waals surface area contributed by atoms with Gasteiger partial charge in [-0.3, -0.25) is 10.1 Å². The summed E-state index contributed by atoms with van der Waals surface area (Å²) in [6.07, 6.45) is 0.726. The van der Waals surface area contributed by atoms with Gasteiger partial charge in [0.1, 0.15) is 5.75 Å². The van der Waals surface area contributed by atoms with Crippen LogP contribution in [0.15, 0.2) is 22.7 Å². The topological polar surface area (TPSA) is 78.4 Å². The Morgan fingerprint density at radius 2 is 2.27 bits per heavy atom. The largest absolute Gasteiger partial charge is 0.493 e. The van der Waals surface area contributed by atoms with Gasteiger partial charge in [0.05, 0.1) is 22.1 Å². The van der Waals surface area contributed by atoms with Gasteiger partial charge in [-0.15, -0.1) is 0 Å². The molecule has 1 rings (SSSR count). The molecule has 0 aliphatic rings. The third kappa shape index (κ3) is 3.49. The first-order chi connectivity index (χ1) is 7.15. The standard InChI is InChI=1S/C9H11BrN2O3/c10-8-3-2-7(15-5-1-4-11)6-9(8)12(13)14/h2-3,6H,1,4-5,11H2. The highest BCUT2D eigenvalue weighted by atomic mass is 79.9. The van der Waals surface area contributed by atoms with Crippen molar-refractivity contribution in [3.05, 3.63) is 32.8 Å². The second-order valence-corrected chi connectivity index (χ2v) is 3.72. The monoisotopic (exact) mass is 274 g/mol. The van der Waals surface area contributed by atoms with Crippen LogP contribution in [0, 0.1) is 10.1 Å². The maximum Gasteiger partial charge on any atom is 0.287 e. The van der Waals surface area contributed by atoms with Crippen molar-refractivity contribution in [2.45, 2.75) is 6.42 Å². The van der Waals surface area contributed by atoms with Crippen molar-refractivity contribution in [2.75, 3.05) is 13.2 Å². The number of nitrogens with zero attached hydrogens (tertiary/aromatic N) is 1. The molecular formula is C9H11BrN2O3. The van der Waals surface area contributed by atoms with E-state index >= 15 is 0 Å². The van der Waals surface area contributed by atoms with Crippen LogP contribution in [0.4, 0.5) is 5.69 Å². The van der Waals surface area contributed by atoms with E-state index in [-0.39, 0.29) is 5.69 Å². The predicted molar refractivity (Wildman–Crippen MR) is 60.0 cm³/mol. The lowest BCUT2D eigenvalue weighted by Crippen LogP contribution is -2.06. The summed E-state index contributed by atoms with van der Waals surface area (Å²) in [5.74, 6) is 0.485. The van der Waals surface area contributed by atoms with E-state index in [9.17, 15) is 10.1 Å². The molecule has 2 N–H and O–H groups in total. The zero-order valence-corrected chi connectivity index (χ0v) is 9.57. The van der Waals surface area contributed by atoms with Crippen molar-refractivity contribution in [1.82, 2.24) is 0 Å². The summed E-state index contributed by atoms with van der Waals surface area (Å²) in [4.78, 5) is 10.1. The maximum atomic E-state index is 10.6. The van der Waals surface area contributed by atoms with Gasteiger partial charge >= 0.3 is 0 Å². The Morgan fingerprint density at radius 3 is 2.87 bits per heavy atom. The molecule has 0 aliphatic heterocycles. The Labute approximate surface area is 95.5 Å². The summed E-state index contributed by atoms with van der Waals surface area (Å²) in [7, 11) is 0. The highest BCUT2D eigenvalue weighted by Gasteiger charge is 2.12. The van der Waals surface area contributed by atoms with Crippen LogP contribution in [0.1, 0.15) is 6.42 Å². The van der Waals surface area contributed by atoms with E-state index < -0.39 is 4.92 Å². The van der Waals surface area contributed by atoms with Gasteiger partial charge in [-0.1, -0.05) is 0 Å². The summed E-state index contributed by atoms with van der Waals surface area (Å²) < 4.78 is 5.73. The molecule has 0 aromatic heterocycles. The smallest absolute Gasteiger partial charge is 0.287 e. The molecule has 0 fully saturated rings. The van der Waals surface area contributed by atoms with E-state index in [1.165, 1.54) is 6.07 Å². The van der Waals surface area contributed by atoms with Gasteiger partial charge in [0.15, 0.2) is 0 Å². The van der Waals surface area contributed by atoms with Crippen molar-refractivity contribution >= 4 is 21.6 Å².